The maximum atomic E-state index is 11.6. The molecule has 160 valence electrons. The van der Waals surface area contributed by atoms with Crippen LogP contribution in [0.5, 0.6) is 0 Å². The quantitative estimate of drug-likeness (QED) is 0.517. The third-order valence-corrected chi connectivity index (χ3v) is 5.75. The van der Waals surface area contributed by atoms with Crippen LogP contribution in [-0.4, -0.2) is 51.8 Å². The second-order valence-corrected chi connectivity index (χ2v) is 7.82. The monoisotopic (exact) mass is 427 g/mol. The van der Waals surface area contributed by atoms with E-state index in [-0.39, 0.29) is 5.91 Å². The number of hydrogen-bond donors (Lipinski definition) is 2. The number of nitrogens with zero attached hydrogens (tertiary/aromatic N) is 5. The maximum Gasteiger partial charge on any atom is 0.247 e. The molecule has 1 amide bonds. The van der Waals surface area contributed by atoms with Crippen LogP contribution in [0.15, 0.2) is 54.9 Å². The van der Waals surface area contributed by atoms with Gasteiger partial charge in [-0.25, -0.2) is 4.52 Å². The van der Waals surface area contributed by atoms with E-state index in [9.17, 15) is 4.79 Å². The van der Waals surface area contributed by atoms with Crippen LogP contribution in [0.1, 0.15) is 5.56 Å². The lowest BCUT2D eigenvalue weighted by molar-refractivity contribution is -0.115. The van der Waals surface area contributed by atoms with Gasteiger partial charge in [-0.15, -0.1) is 5.10 Å². The summed E-state index contributed by atoms with van der Waals surface area (Å²) in [7, 11) is 0. The third-order valence-electron chi connectivity index (χ3n) is 5.75. The number of rotatable bonds is 4. The van der Waals surface area contributed by atoms with Crippen molar-refractivity contribution in [3.8, 4) is 11.3 Å². The van der Waals surface area contributed by atoms with Crippen molar-refractivity contribution in [3.63, 3.8) is 0 Å². The molecule has 2 aromatic heterocycles. The lowest BCUT2D eigenvalue weighted by atomic mass is 10.1. The zero-order chi connectivity index (χ0) is 21.5. The summed E-state index contributed by atoms with van der Waals surface area (Å²) in [4.78, 5) is 23.3. The van der Waals surface area contributed by atoms with E-state index in [0.717, 1.165) is 47.0 Å². The van der Waals surface area contributed by atoms with Crippen LogP contribution in [0.4, 0.5) is 23.0 Å². The van der Waals surface area contributed by atoms with Crippen LogP contribution in [0.3, 0.4) is 0 Å². The molecule has 9 heteroatoms. The number of nitrogens with one attached hydrogen (secondary N) is 2. The topological polar surface area (TPSA) is 96.7 Å². The second-order valence-electron chi connectivity index (χ2n) is 7.82. The molecule has 0 aliphatic carbocycles. The van der Waals surface area contributed by atoms with Gasteiger partial charge in [0.1, 0.15) is 5.69 Å². The van der Waals surface area contributed by atoms with E-state index in [2.05, 4.69) is 37.7 Å². The van der Waals surface area contributed by atoms with Gasteiger partial charge in [0.2, 0.25) is 11.9 Å². The Bertz CT molecular complexity index is 1330. The highest BCUT2D eigenvalue weighted by Crippen LogP contribution is 2.33. The summed E-state index contributed by atoms with van der Waals surface area (Å²) < 4.78 is 7.25. The minimum absolute atomic E-state index is 0.0117. The predicted molar refractivity (Wildman–Crippen MR) is 121 cm³/mol. The molecule has 1 saturated heterocycles. The van der Waals surface area contributed by atoms with Crippen molar-refractivity contribution in [2.75, 3.05) is 41.8 Å². The van der Waals surface area contributed by atoms with E-state index < -0.39 is 0 Å². The molecule has 2 aliphatic heterocycles. The Morgan fingerprint density at radius 3 is 2.88 bits per heavy atom. The summed E-state index contributed by atoms with van der Waals surface area (Å²) in [5.41, 5.74) is 6.23. The summed E-state index contributed by atoms with van der Waals surface area (Å²) in [5, 5.41) is 10.7. The highest BCUT2D eigenvalue weighted by Gasteiger charge is 2.20. The first-order valence-corrected chi connectivity index (χ1v) is 10.6. The van der Waals surface area contributed by atoms with E-state index >= 15 is 0 Å². The van der Waals surface area contributed by atoms with Crippen molar-refractivity contribution in [2.45, 2.75) is 6.42 Å². The number of carbonyl (C=O) groups excluding carboxylic acids is 1. The lowest BCUT2D eigenvalue weighted by Gasteiger charge is -2.30. The van der Waals surface area contributed by atoms with Gasteiger partial charge in [-0.1, -0.05) is 18.2 Å². The van der Waals surface area contributed by atoms with Gasteiger partial charge >= 0.3 is 0 Å². The first kappa shape index (κ1) is 18.8. The number of hydrogen-bond acceptors (Lipinski definition) is 7. The van der Waals surface area contributed by atoms with Gasteiger partial charge in [-0.3, -0.25) is 9.78 Å². The summed E-state index contributed by atoms with van der Waals surface area (Å²) in [6.45, 7) is 3.12. The number of morpholine rings is 1. The Morgan fingerprint density at radius 1 is 1.09 bits per heavy atom. The molecule has 9 nitrogen and oxygen atoms in total. The Hall–Kier alpha value is -3.98. The summed E-state index contributed by atoms with van der Waals surface area (Å²) in [5.74, 6) is 0.484. The molecule has 4 aromatic rings. The van der Waals surface area contributed by atoms with E-state index in [1.807, 2.05) is 30.3 Å². The Balaban J connectivity index is 1.36. The number of aromatic nitrogens is 4. The van der Waals surface area contributed by atoms with Crippen LogP contribution in [-0.2, 0) is 16.0 Å². The summed E-state index contributed by atoms with van der Waals surface area (Å²) in [6, 6.07) is 14.0. The van der Waals surface area contributed by atoms with Crippen molar-refractivity contribution in [2.24, 2.45) is 0 Å². The highest BCUT2D eigenvalue weighted by atomic mass is 16.5. The van der Waals surface area contributed by atoms with Crippen molar-refractivity contribution < 1.29 is 9.53 Å². The first-order valence-electron chi connectivity index (χ1n) is 10.6. The van der Waals surface area contributed by atoms with E-state index in [4.69, 9.17) is 9.72 Å². The van der Waals surface area contributed by atoms with Gasteiger partial charge in [0.15, 0.2) is 5.65 Å². The fourth-order valence-electron chi connectivity index (χ4n) is 4.25. The molecule has 0 saturated carbocycles. The minimum atomic E-state index is 0.0117. The number of amides is 1. The van der Waals surface area contributed by atoms with Gasteiger partial charge in [0.05, 0.1) is 19.6 Å². The van der Waals surface area contributed by atoms with Crippen LogP contribution in [0, 0.1) is 0 Å². The van der Waals surface area contributed by atoms with Crippen LogP contribution < -0.4 is 15.5 Å². The highest BCUT2D eigenvalue weighted by molar-refractivity contribution is 5.99. The normalized spacial score (nSPS) is 15.6. The molecule has 0 bridgehead atoms. The number of benzene rings is 2. The molecule has 0 atom stereocenters. The van der Waals surface area contributed by atoms with Crippen molar-refractivity contribution in [3.05, 3.63) is 60.4 Å². The standard InChI is InChI=1S/C23H21N7O2/c31-20-14-15-13-16(5-6-18(15)26-20)25-23-27-22-21(24-7-8-30(22)28-23)17-3-1-2-4-19(17)29-9-11-32-12-10-29/h1-8,13H,9-12,14H2,(H,25,28)(H,26,31). The lowest BCUT2D eigenvalue weighted by Crippen LogP contribution is -2.36. The second kappa shape index (κ2) is 7.61. The Labute approximate surface area is 184 Å². The molecule has 0 radical (unpaired) electrons. The number of ether oxygens (including phenoxy) is 1. The number of fused-ring (bicyclic) bond motifs is 2. The zero-order valence-electron chi connectivity index (χ0n) is 17.3. The number of anilines is 4. The van der Waals surface area contributed by atoms with Crippen LogP contribution in [0.2, 0.25) is 0 Å². The molecular formula is C23H21N7O2. The fourth-order valence-corrected chi connectivity index (χ4v) is 4.25. The molecule has 1 fully saturated rings. The Morgan fingerprint density at radius 2 is 1.97 bits per heavy atom. The molecule has 2 N–H and O–H groups in total. The third kappa shape index (κ3) is 3.32. The number of carbonyl (C=O) groups is 1. The summed E-state index contributed by atoms with van der Waals surface area (Å²) in [6.07, 6.45) is 3.92. The maximum absolute atomic E-state index is 11.6. The average Bonchev–Trinajstić information content (AvgIpc) is 3.41. The van der Waals surface area contributed by atoms with Crippen LogP contribution >= 0.6 is 0 Å². The largest absolute Gasteiger partial charge is 0.378 e. The Kier molecular flexibility index (Phi) is 4.46. The first-order chi connectivity index (χ1) is 15.7. The molecule has 32 heavy (non-hydrogen) atoms. The van der Waals surface area contributed by atoms with Gasteiger partial charge in [-0.05, 0) is 29.8 Å². The van der Waals surface area contributed by atoms with Crippen LogP contribution in [0.25, 0.3) is 16.9 Å². The van der Waals surface area contributed by atoms with Gasteiger partial charge < -0.3 is 20.3 Å². The fraction of sp³-hybridized carbons (Fsp3) is 0.217. The molecule has 2 aliphatic rings. The van der Waals surface area contributed by atoms with Crippen molar-refractivity contribution >= 4 is 34.6 Å². The van der Waals surface area contributed by atoms with Gasteiger partial charge in [0.25, 0.3) is 0 Å². The van der Waals surface area contributed by atoms with Gasteiger partial charge in [-0.2, -0.15) is 4.98 Å². The van der Waals surface area contributed by atoms with E-state index in [1.54, 1.807) is 16.9 Å². The molecule has 0 spiro atoms. The zero-order valence-corrected chi connectivity index (χ0v) is 17.3. The smallest absolute Gasteiger partial charge is 0.247 e. The average molecular weight is 427 g/mol. The molecule has 0 unspecified atom stereocenters. The molecule has 4 heterocycles. The molecule has 6 rings (SSSR count). The molecule has 2 aromatic carbocycles. The SMILES string of the molecule is O=C1Cc2cc(Nc3nc4c(-c5ccccc5N5CCOCC5)nccn4n3)ccc2N1. The summed E-state index contributed by atoms with van der Waals surface area (Å²) >= 11 is 0. The predicted octanol–water partition coefficient (Wildman–Crippen LogP) is 2.87. The van der Waals surface area contributed by atoms with E-state index in [1.165, 1.54) is 0 Å². The van der Waals surface area contributed by atoms with E-state index in [0.29, 0.717) is 31.2 Å². The van der Waals surface area contributed by atoms with Crippen molar-refractivity contribution in [1.29, 1.82) is 0 Å². The van der Waals surface area contributed by atoms with Crippen molar-refractivity contribution in [1.82, 2.24) is 19.6 Å². The minimum Gasteiger partial charge on any atom is -0.378 e. The van der Waals surface area contributed by atoms with Gasteiger partial charge in [0, 0.05) is 48.1 Å². The molecular weight excluding hydrogens is 406 g/mol. The number of para-hydroxylation sites is 1.